The van der Waals surface area contributed by atoms with Gasteiger partial charge in [-0.3, -0.25) is 4.79 Å². The van der Waals surface area contributed by atoms with E-state index in [1.165, 1.54) is 6.20 Å². The largest absolute Gasteiger partial charge is 0.496 e. The number of carbonyl (C=O) groups is 1. The summed E-state index contributed by atoms with van der Waals surface area (Å²) in [6.45, 7) is 0.691. The highest BCUT2D eigenvalue weighted by Crippen LogP contribution is 2.27. The van der Waals surface area contributed by atoms with E-state index in [9.17, 15) is 4.79 Å². The van der Waals surface area contributed by atoms with Crippen LogP contribution in [0.3, 0.4) is 0 Å². The Bertz CT molecular complexity index is 1380. The summed E-state index contributed by atoms with van der Waals surface area (Å²) >= 11 is 0. The molecule has 2 aromatic heterocycles. The molecule has 1 fully saturated rings. The molecule has 36 heavy (non-hydrogen) atoms. The van der Waals surface area contributed by atoms with E-state index in [0.29, 0.717) is 18.3 Å². The Labute approximate surface area is 209 Å². The first-order valence-electron chi connectivity index (χ1n) is 12.2. The van der Waals surface area contributed by atoms with Crippen LogP contribution in [0, 0.1) is 0 Å². The summed E-state index contributed by atoms with van der Waals surface area (Å²) in [5.74, 6) is 1.05. The number of benzene rings is 2. The zero-order valence-electron chi connectivity index (χ0n) is 20.3. The number of nitrogens with zero attached hydrogens (tertiary/aromatic N) is 3. The van der Waals surface area contributed by atoms with Crippen LogP contribution in [-0.4, -0.2) is 39.6 Å². The number of aromatic nitrogens is 3. The highest BCUT2D eigenvalue weighted by Gasteiger charge is 2.23. The SMILES string of the molecule is COc1ccccc1Cn1ccc2cc(Nc3nc(NC4CCCCC4N)ncc3C(N)=O)ccc21. The highest BCUT2D eigenvalue weighted by atomic mass is 16.5. The van der Waals surface area contributed by atoms with E-state index in [1.54, 1.807) is 7.11 Å². The molecule has 0 saturated heterocycles. The second kappa shape index (κ2) is 10.2. The van der Waals surface area contributed by atoms with E-state index in [1.807, 2.05) is 36.4 Å². The van der Waals surface area contributed by atoms with Gasteiger partial charge in [0.05, 0.1) is 13.7 Å². The number of rotatable bonds is 8. The molecule has 9 nitrogen and oxygen atoms in total. The van der Waals surface area contributed by atoms with Crippen molar-refractivity contribution in [1.29, 1.82) is 0 Å². The van der Waals surface area contributed by atoms with Crippen molar-refractivity contribution in [2.45, 2.75) is 44.3 Å². The Morgan fingerprint density at radius 1 is 1.17 bits per heavy atom. The minimum absolute atomic E-state index is 0.0527. The second-order valence-electron chi connectivity index (χ2n) is 9.17. The molecule has 186 valence electrons. The van der Waals surface area contributed by atoms with Crippen LogP contribution in [0.2, 0.25) is 0 Å². The lowest BCUT2D eigenvalue weighted by Gasteiger charge is -2.29. The van der Waals surface area contributed by atoms with Gasteiger partial charge in [0.1, 0.15) is 17.1 Å². The van der Waals surface area contributed by atoms with E-state index in [4.69, 9.17) is 16.2 Å². The molecule has 0 spiro atoms. The van der Waals surface area contributed by atoms with E-state index in [-0.39, 0.29) is 17.6 Å². The van der Waals surface area contributed by atoms with E-state index >= 15 is 0 Å². The third kappa shape index (κ3) is 4.96. The van der Waals surface area contributed by atoms with Crippen LogP contribution >= 0.6 is 0 Å². The van der Waals surface area contributed by atoms with Gasteiger partial charge in [-0.1, -0.05) is 31.0 Å². The molecule has 1 saturated carbocycles. The van der Waals surface area contributed by atoms with Crippen molar-refractivity contribution in [3.8, 4) is 5.75 Å². The first-order valence-corrected chi connectivity index (χ1v) is 12.2. The van der Waals surface area contributed by atoms with Crippen LogP contribution in [0.5, 0.6) is 5.75 Å². The maximum Gasteiger partial charge on any atom is 0.254 e. The number of nitrogens with one attached hydrogen (secondary N) is 2. The van der Waals surface area contributed by atoms with Gasteiger partial charge in [-0.05, 0) is 43.2 Å². The highest BCUT2D eigenvalue weighted by molar-refractivity contribution is 5.98. The van der Waals surface area contributed by atoms with Gasteiger partial charge in [0.2, 0.25) is 5.95 Å². The minimum Gasteiger partial charge on any atom is -0.496 e. The van der Waals surface area contributed by atoms with Crippen molar-refractivity contribution in [2.24, 2.45) is 11.5 Å². The molecule has 2 unspecified atom stereocenters. The topological polar surface area (TPSA) is 133 Å². The molecular formula is C27H31N7O2. The van der Waals surface area contributed by atoms with Gasteiger partial charge in [-0.15, -0.1) is 0 Å². The van der Waals surface area contributed by atoms with E-state index in [2.05, 4.69) is 43.5 Å². The number of para-hydroxylation sites is 1. The maximum absolute atomic E-state index is 12.1. The fourth-order valence-corrected chi connectivity index (χ4v) is 4.80. The number of amides is 1. The number of methoxy groups -OCH3 is 1. The molecule has 0 bridgehead atoms. The number of hydrogen-bond acceptors (Lipinski definition) is 7. The molecule has 5 rings (SSSR count). The van der Waals surface area contributed by atoms with E-state index in [0.717, 1.165) is 53.6 Å². The summed E-state index contributed by atoms with van der Waals surface area (Å²) in [7, 11) is 1.68. The quantitative estimate of drug-likeness (QED) is 0.296. The molecule has 0 radical (unpaired) electrons. The van der Waals surface area contributed by atoms with Gasteiger partial charge < -0.3 is 31.4 Å². The Kier molecular flexibility index (Phi) is 6.73. The number of carbonyl (C=O) groups excluding carboxylic acids is 1. The van der Waals surface area contributed by atoms with Crippen LogP contribution in [0.25, 0.3) is 10.9 Å². The van der Waals surface area contributed by atoms with Crippen molar-refractivity contribution < 1.29 is 9.53 Å². The summed E-state index contributed by atoms with van der Waals surface area (Å²) in [6, 6.07) is 16.2. The lowest BCUT2D eigenvalue weighted by molar-refractivity contribution is 0.100. The normalized spacial score (nSPS) is 17.6. The summed E-state index contributed by atoms with van der Waals surface area (Å²) in [5.41, 5.74) is 15.1. The number of anilines is 3. The molecule has 4 aromatic rings. The molecule has 6 N–H and O–H groups in total. The van der Waals surface area contributed by atoms with Gasteiger partial charge >= 0.3 is 0 Å². The van der Waals surface area contributed by atoms with Crippen LogP contribution in [0.1, 0.15) is 41.6 Å². The number of fused-ring (bicyclic) bond motifs is 1. The predicted octanol–water partition coefficient (Wildman–Crippen LogP) is 4.01. The Morgan fingerprint density at radius 2 is 2.00 bits per heavy atom. The molecule has 1 aliphatic rings. The fourth-order valence-electron chi connectivity index (χ4n) is 4.80. The van der Waals surface area contributed by atoms with Crippen molar-refractivity contribution in [1.82, 2.24) is 14.5 Å². The molecule has 9 heteroatoms. The standard InChI is InChI=1S/C27H31N7O2/c1-36-24-9-5-2-6-18(24)16-34-13-12-17-14-19(10-11-23(17)34)31-26-20(25(29)35)15-30-27(33-26)32-22-8-4-3-7-21(22)28/h2,5-6,9-15,21-22H,3-4,7-8,16,28H2,1H3,(H2,29,35)(H2,30,31,32,33). The van der Waals surface area contributed by atoms with Crippen LogP contribution in [0.15, 0.2) is 60.9 Å². The van der Waals surface area contributed by atoms with E-state index < -0.39 is 5.91 Å². The molecule has 2 atom stereocenters. The van der Waals surface area contributed by atoms with Gasteiger partial charge in [-0.2, -0.15) is 4.98 Å². The first kappa shape index (κ1) is 23.6. The number of ether oxygens (including phenoxy) is 1. The maximum atomic E-state index is 12.1. The molecule has 1 amide bonds. The molecule has 2 aromatic carbocycles. The summed E-state index contributed by atoms with van der Waals surface area (Å²) in [5, 5.41) is 7.65. The first-order chi connectivity index (χ1) is 17.5. The van der Waals surface area contributed by atoms with Gasteiger partial charge in [0, 0.05) is 46.6 Å². The zero-order chi connectivity index (χ0) is 25.1. The summed E-state index contributed by atoms with van der Waals surface area (Å²) < 4.78 is 7.67. The Balaban J connectivity index is 1.39. The van der Waals surface area contributed by atoms with Gasteiger partial charge in [0.15, 0.2) is 0 Å². The van der Waals surface area contributed by atoms with Crippen molar-refractivity contribution in [2.75, 3.05) is 17.7 Å². The second-order valence-corrected chi connectivity index (χ2v) is 9.17. The Morgan fingerprint density at radius 3 is 2.81 bits per heavy atom. The zero-order valence-corrected chi connectivity index (χ0v) is 20.3. The fraction of sp³-hybridized carbons (Fsp3) is 0.296. The summed E-state index contributed by atoms with van der Waals surface area (Å²) in [4.78, 5) is 20.9. The smallest absolute Gasteiger partial charge is 0.254 e. The third-order valence-corrected chi connectivity index (χ3v) is 6.76. The lowest BCUT2D eigenvalue weighted by atomic mass is 9.91. The monoisotopic (exact) mass is 485 g/mol. The van der Waals surface area contributed by atoms with Crippen LogP contribution in [0.4, 0.5) is 17.5 Å². The van der Waals surface area contributed by atoms with Crippen molar-refractivity contribution >= 4 is 34.3 Å². The third-order valence-electron chi connectivity index (χ3n) is 6.76. The van der Waals surface area contributed by atoms with Crippen LogP contribution < -0.4 is 26.8 Å². The van der Waals surface area contributed by atoms with Gasteiger partial charge in [-0.25, -0.2) is 4.98 Å². The summed E-state index contributed by atoms with van der Waals surface area (Å²) in [6.07, 6.45) is 7.70. The number of primary amides is 1. The minimum atomic E-state index is -0.595. The number of nitrogens with two attached hydrogens (primary N) is 2. The Hall–Kier alpha value is -4.11. The molecule has 1 aliphatic carbocycles. The molecular weight excluding hydrogens is 454 g/mol. The van der Waals surface area contributed by atoms with Gasteiger partial charge in [0.25, 0.3) is 5.91 Å². The van der Waals surface area contributed by atoms with Crippen molar-refractivity contribution in [3.63, 3.8) is 0 Å². The average Bonchev–Trinajstić information content (AvgIpc) is 3.27. The lowest BCUT2D eigenvalue weighted by Crippen LogP contribution is -2.43. The van der Waals surface area contributed by atoms with Crippen LogP contribution in [-0.2, 0) is 6.54 Å². The number of hydrogen-bond donors (Lipinski definition) is 4. The molecule has 0 aliphatic heterocycles. The average molecular weight is 486 g/mol. The molecule has 2 heterocycles. The predicted molar refractivity (Wildman–Crippen MR) is 142 cm³/mol. The van der Waals surface area contributed by atoms with Crippen molar-refractivity contribution in [3.05, 3.63) is 72.1 Å².